The number of nitrogens with two attached hydrogens (primary N) is 1. The van der Waals surface area contributed by atoms with Crippen LogP contribution in [0.5, 0.6) is 0 Å². The minimum Gasteiger partial charge on any atom is -0.388 e. The lowest BCUT2D eigenvalue weighted by Crippen LogP contribution is -2.51. The molecule has 0 aromatic carbocycles. The molecule has 0 aromatic rings. The molecule has 1 atom stereocenters. The van der Waals surface area contributed by atoms with Gasteiger partial charge in [0.05, 0.1) is 17.4 Å². The summed E-state index contributed by atoms with van der Waals surface area (Å²) in [5, 5.41) is 10.3. The van der Waals surface area contributed by atoms with Crippen molar-refractivity contribution < 1.29 is 23.1 Å². The van der Waals surface area contributed by atoms with Crippen LogP contribution >= 0.6 is 0 Å². The molecule has 1 amide bonds. The Labute approximate surface area is 120 Å². The highest BCUT2D eigenvalue weighted by Gasteiger charge is 2.33. The first-order valence-corrected chi connectivity index (χ1v) is 8.67. The average molecular weight is 308 g/mol. The second kappa shape index (κ2) is 6.84. The molecule has 20 heavy (non-hydrogen) atoms. The predicted octanol–water partition coefficient (Wildman–Crippen LogP) is -1.25. The SMILES string of the molecule is CN(CC1(O)CCOCC1)C(=O)C(N)CCS(C)(=O)=O. The minimum atomic E-state index is -3.13. The van der Waals surface area contributed by atoms with E-state index in [4.69, 9.17) is 10.5 Å². The Balaban J connectivity index is 2.49. The fraction of sp³-hybridized carbons (Fsp3) is 0.917. The molecule has 0 radical (unpaired) electrons. The Morgan fingerprint density at radius 1 is 1.45 bits per heavy atom. The molecule has 1 aliphatic heterocycles. The molecule has 3 N–H and O–H groups in total. The number of carbonyl (C=O) groups is 1. The number of aliphatic hydroxyl groups is 1. The van der Waals surface area contributed by atoms with Gasteiger partial charge in [0.25, 0.3) is 0 Å². The summed E-state index contributed by atoms with van der Waals surface area (Å²) in [7, 11) is -1.57. The fourth-order valence-corrected chi connectivity index (χ4v) is 2.86. The van der Waals surface area contributed by atoms with Crippen molar-refractivity contribution in [3.8, 4) is 0 Å². The highest BCUT2D eigenvalue weighted by molar-refractivity contribution is 7.90. The van der Waals surface area contributed by atoms with E-state index in [9.17, 15) is 18.3 Å². The van der Waals surface area contributed by atoms with E-state index in [1.54, 1.807) is 7.05 Å². The summed E-state index contributed by atoms with van der Waals surface area (Å²) >= 11 is 0. The number of hydrogen-bond acceptors (Lipinski definition) is 6. The number of carbonyl (C=O) groups excluding carboxylic acids is 1. The predicted molar refractivity (Wildman–Crippen MR) is 74.9 cm³/mol. The van der Waals surface area contributed by atoms with Gasteiger partial charge in [-0.3, -0.25) is 4.79 Å². The second-order valence-corrected chi connectivity index (χ2v) is 7.82. The third-order valence-electron chi connectivity index (χ3n) is 3.45. The average Bonchev–Trinajstić information content (AvgIpc) is 2.34. The minimum absolute atomic E-state index is 0.0869. The number of amides is 1. The van der Waals surface area contributed by atoms with E-state index in [1.165, 1.54) is 4.90 Å². The van der Waals surface area contributed by atoms with Crippen LogP contribution in [-0.2, 0) is 19.4 Å². The lowest BCUT2D eigenvalue weighted by molar-refractivity contribution is -0.138. The lowest BCUT2D eigenvalue weighted by atomic mass is 9.93. The summed E-state index contributed by atoms with van der Waals surface area (Å²) in [5.41, 5.74) is 4.77. The van der Waals surface area contributed by atoms with Gasteiger partial charge in [-0.05, 0) is 6.42 Å². The number of hydrogen-bond donors (Lipinski definition) is 2. The number of nitrogens with zero attached hydrogens (tertiary/aromatic N) is 1. The maximum Gasteiger partial charge on any atom is 0.239 e. The summed E-state index contributed by atoms with van der Waals surface area (Å²) in [4.78, 5) is 13.4. The van der Waals surface area contributed by atoms with E-state index in [2.05, 4.69) is 0 Å². The maximum absolute atomic E-state index is 12.0. The topological polar surface area (TPSA) is 110 Å². The van der Waals surface area contributed by atoms with E-state index in [-0.39, 0.29) is 24.6 Å². The van der Waals surface area contributed by atoms with Gasteiger partial charge in [0, 0.05) is 45.9 Å². The van der Waals surface area contributed by atoms with Crippen molar-refractivity contribution in [2.24, 2.45) is 5.73 Å². The van der Waals surface area contributed by atoms with Crippen LogP contribution in [0.3, 0.4) is 0 Å². The van der Waals surface area contributed by atoms with Crippen molar-refractivity contribution in [3.05, 3.63) is 0 Å². The molecule has 7 nitrogen and oxygen atoms in total. The molecule has 8 heteroatoms. The molecule has 0 saturated carbocycles. The summed E-state index contributed by atoms with van der Waals surface area (Å²) < 4.78 is 27.3. The Morgan fingerprint density at radius 2 is 2.00 bits per heavy atom. The van der Waals surface area contributed by atoms with Crippen molar-refractivity contribution >= 4 is 15.7 Å². The summed E-state index contributed by atoms with van der Waals surface area (Å²) in [6.07, 6.45) is 2.15. The molecule has 1 rings (SSSR count). The Kier molecular flexibility index (Phi) is 5.93. The van der Waals surface area contributed by atoms with Gasteiger partial charge in [0.2, 0.25) is 5.91 Å². The summed E-state index contributed by atoms with van der Waals surface area (Å²) in [6.45, 7) is 1.12. The van der Waals surface area contributed by atoms with Crippen LogP contribution < -0.4 is 5.73 Å². The van der Waals surface area contributed by atoms with Crippen LogP contribution in [-0.4, -0.2) is 74.8 Å². The Morgan fingerprint density at radius 3 is 2.50 bits per heavy atom. The van der Waals surface area contributed by atoms with E-state index in [0.29, 0.717) is 26.1 Å². The molecule has 0 bridgehead atoms. The normalized spacial score (nSPS) is 20.4. The molecule has 0 aliphatic carbocycles. The third kappa shape index (κ3) is 5.74. The molecular formula is C12H24N2O5S. The van der Waals surface area contributed by atoms with Gasteiger partial charge in [-0.15, -0.1) is 0 Å². The number of sulfone groups is 1. The van der Waals surface area contributed by atoms with Crippen molar-refractivity contribution in [2.75, 3.05) is 38.8 Å². The first kappa shape index (κ1) is 17.4. The summed E-state index contributed by atoms with van der Waals surface area (Å²) in [5.74, 6) is -0.472. The van der Waals surface area contributed by atoms with Crippen LogP contribution in [0, 0.1) is 0 Å². The van der Waals surface area contributed by atoms with Crippen LogP contribution in [0.15, 0.2) is 0 Å². The molecule has 1 heterocycles. The van der Waals surface area contributed by atoms with Crippen LogP contribution in [0.4, 0.5) is 0 Å². The zero-order valence-corrected chi connectivity index (χ0v) is 12.9. The van der Waals surface area contributed by atoms with Crippen molar-refractivity contribution in [2.45, 2.75) is 30.9 Å². The van der Waals surface area contributed by atoms with Crippen LogP contribution in [0.1, 0.15) is 19.3 Å². The third-order valence-corrected chi connectivity index (χ3v) is 4.43. The molecule has 0 aromatic heterocycles. The molecule has 1 fully saturated rings. The fourth-order valence-electron chi connectivity index (χ4n) is 2.18. The van der Waals surface area contributed by atoms with Crippen LogP contribution in [0.25, 0.3) is 0 Å². The monoisotopic (exact) mass is 308 g/mol. The van der Waals surface area contributed by atoms with Crippen LogP contribution in [0.2, 0.25) is 0 Å². The van der Waals surface area contributed by atoms with Crippen molar-refractivity contribution in [3.63, 3.8) is 0 Å². The highest BCUT2D eigenvalue weighted by atomic mass is 32.2. The van der Waals surface area contributed by atoms with Gasteiger partial charge < -0.3 is 20.5 Å². The van der Waals surface area contributed by atoms with Gasteiger partial charge in [-0.1, -0.05) is 0 Å². The van der Waals surface area contributed by atoms with Gasteiger partial charge in [0.15, 0.2) is 0 Å². The first-order valence-electron chi connectivity index (χ1n) is 6.61. The van der Waals surface area contributed by atoms with Crippen molar-refractivity contribution in [1.82, 2.24) is 4.90 Å². The summed E-state index contributed by atoms with van der Waals surface area (Å²) in [6, 6.07) is -0.863. The zero-order valence-electron chi connectivity index (χ0n) is 12.0. The van der Waals surface area contributed by atoms with Gasteiger partial charge in [-0.25, -0.2) is 8.42 Å². The molecule has 1 unspecified atom stereocenters. The number of ether oxygens (including phenoxy) is 1. The molecule has 1 saturated heterocycles. The quantitative estimate of drug-likeness (QED) is 0.634. The van der Waals surface area contributed by atoms with E-state index < -0.39 is 21.5 Å². The molecular weight excluding hydrogens is 284 g/mol. The molecule has 0 spiro atoms. The van der Waals surface area contributed by atoms with Gasteiger partial charge in [0.1, 0.15) is 9.84 Å². The van der Waals surface area contributed by atoms with E-state index >= 15 is 0 Å². The standard InChI is InChI=1S/C12H24N2O5S/c1-14(9-12(16)4-6-19-7-5-12)11(15)10(13)3-8-20(2,17)18/h10,16H,3-9,13H2,1-2H3. The largest absolute Gasteiger partial charge is 0.388 e. The second-order valence-electron chi connectivity index (χ2n) is 5.56. The first-order chi connectivity index (χ1) is 9.13. The van der Waals surface area contributed by atoms with Gasteiger partial charge >= 0.3 is 0 Å². The lowest BCUT2D eigenvalue weighted by Gasteiger charge is -2.36. The van der Waals surface area contributed by atoms with E-state index in [0.717, 1.165) is 6.26 Å². The van der Waals surface area contributed by atoms with Gasteiger partial charge in [-0.2, -0.15) is 0 Å². The molecule has 118 valence electrons. The Bertz CT molecular complexity index is 431. The number of likely N-dealkylation sites (N-methyl/N-ethyl adjacent to an activating group) is 1. The smallest absolute Gasteiger partial charge is 0.239 e. The maximum atomic E-state index is 12.0. The Hall–Kier alpha value is -0.700. The number of rotatable bonds is 6. The highest BCUT2D eigenvalue weighted by Crippen LogP contribution is 2.21. The van der Waals surface area contributed by atoms with Crippen molar-refractivity contribution in [1.29, 1.82) is 0 Å². The molecule has 1 aliphatic rings. The van der Waals surface area contributed by atoms with E-state index in [1.807, 2.05) is 0 Å². The zero-order chi connectivity index (χ0) is 15.4.